The molecule has 1 amide bonds. The molecule has 0 aromatic carbocycles. The lowest BCUT2D eigenvalue weighted by Gasteiger charge is -2.32. The fraction of sp³-hybridized carbons (Fsp3) is 0.438. The molecular weight excluding hydrogens is 282 g/mol. The van der Waals surface area contributed by atoms with E-state index in [2.05, 4.69) is 9.97 Å². The van der Waals surface area contributed by atoms with Crippen LogP contribution in [0.4, 0.5) is 0 Å². The lowest BCUT2D eigenvalue weighted by atomic mass is 9.94. The van der Waals surface area contributed by atoms with Gasteiger partial charge >= 0.3 is 0 Å². The normalized spacial score (nSPS) is 18.8. The van der Waals surface area contributed by atoms with Crippen molar-refractivity contribution in [3.8, 4) is 0 Å². The number of hydrogen-bond donors (Lipinski definition) is 0. The Morgan fingerprint density at radius 1 is 1.33 bits per heavy atom. The van der Waals surface area contributed by atoms with Gasteiger partial charge in [0.05, 0.1) is 4.88 Å². The van der Waals surface area contributed by atoms with Gasteiger partial charge in [0.2, 0.25) is 0 Å². The van der Waals surface area contributed by atoms with Gasteiger partial charge in [-0.25, -0.2) is 9.97 Å². The minimum Gasteiger partial charge on any atom is -0.337 e. The maximum absolute atomic E-state index is 12.6. The second-order valence-electron chi connectivity index (χ2n) is 5.53. The van der Waals surface area contributed by atoms with E-state index in [0.717, 1.165) is 42.3 Å². The van der Waals surface area contributed by atoms with Crippen molar-refractivity contribution in [3.05, 3.63) is 45.7 Å². The molecule has 0 bridgehead atoms. The molecule has 1 atom stereocenters. The van der Waals surface area contributed by atoms with Gasteiger partial charge in [0.1, 0.15) is 5.82 Å². The van der Waals surface area contributed by atoms with Gasteiger partial charge in [0, 0.05) is 35.8 Å². The van der Waals surface area contributed by atoms with Crippen LogP contribution < -0.4 is 0 Å². The number of likely N-dealkylation sites (tertiary alicyclic amines) is 1. The molecule has 4 nitrogen and oxygen atoms in total. The van der Waals surface area contributed by atoms with E-state index in [4.69, 9.17) is 0 Å². The maximum atomic E-state index is 12.6. The van der Waals surface area contributed by atoms with Crippen molar-refractivity contribution < 1.29 is 4.79 Å². The maximum Gasteiger partial charge on any atom is 0.263 e. The van der Waals surface area contributed by atoms with Crippen LogP contribution in [0.1, 0.15) is 44.8 Å². The molecular formula is C16H19N3OS. The highest BCUT2D eigenvalue weighted by Gasteiger charge is 2.26. The number of nitrogens with zero attached hydrogens (tertiary/aromatic N) is 3. The average Bonchev–Trinajstić information content (AvgIpc) is 2.93. The standard InChI is InChI=1S/C16H19N3OS/c1-11-5-6-15(21-11)16(20)19-9-3-4-13(10-19)14-7-8-17-12(2)18-14/h5-8,13H,3-4,9-10H2,1-2H3. The Balaban J connectivity index is 1.75. The van der Waals surface area contributed by atoms with Crippen LogP contribution in [-0.4, -0.2) is 33.9 Å². The third-order valence-corrected chi connectivity index (χ3v) is 4.86. The molecule has 0 saturated carbocycles. The van der Waals surface area contributed by atoms with Crippen molar-refractivity contribution in [1.29, 1.82) is 0 Å². The Kier molecular flexibility index (Phi) is 4.01. The zero-order valence-electron chi connectivity index (χ0n) is 12.4. The molecule has 3 rings (SSSR count). The van der Waals surface area contributed by atoms with Crippen LogP contribution in [-0.2, 0) is 0 Å². The topological polar surface area (TPSA) is 46.1 Å². The summed E-state index contributed by atoms with van der Waals surface area (Å²) in [7, 11) is 0. The Hall–Kier alpha value is -1.75. The third kappa shape index (κ3) is 3.13. The largest absolute Gasteiger partial charge is 0.337 e. The number of carbonyl (C=O) groups is 1. The van der Waals surface area contributed by atoms with Crippen LogP contribution in [0.5, 0.6) is 0 Å². The lowest BCUT2D eigenvalue weighted by molar-refractivity contribution is 0.0711. The summed E-state index contributed by atoms with van der Waals surface area (Å²) < 4.78 is 0. The molecule has 1 saturated heterocycles. The molecule has 2 aromatic rings. The first-order chi connectivity index (χ1) is 10.1. The molecule has 1 aliphatic heterocycles. The second kappa shape index (κ2) is 5.93. The molecule has 0 spiro atoms. The number of piperidine rings is 1. The first-order valence-electron chi connectivity index (χ1n) is 7.29. The van der Waals surface area contributed by atoms with Crippen LogP contribution in [0.25, 0.3) is 0 Å². The number of aromatic nitrogens is 2. The SMILES string of the molecule is Cc1nccc(C2CCCN(C(=O)c3ccc(C)s3)C2)n1. The third-order valence-electron chi connectivity index (χ3n) is 3.88. The zero-order chi connectivity index (χ0) is 14.8. The summed E-state index contributed by atoms with van der Waals surface area (Å²) in [6, 6.07) is 5.91. The van der Waals surface area contributed by atoms with Gasteiger partial charge in [-0.2, -0.15) is 0 Å². The Morgan fingerprint density at radius 2 is 2.19 bits per heavy atom. The number of aryl methyl sites for hydroxylation is 2. The van der Waals surface area contributed by atoms with E-state index >= 15 is 0 Å². The molecule has 2 aromatic heterocycles. The smallest absolute Gasteiger partial charge is 0.263 e. The number of carbonyl (C=O) groups excluding carboxylic acids is 1. The van der Waals surface area contributed by atoms with Crippen LogP contribution in [0.15, 0.2) is 24.4 Å². The first-order valence-corrected chi connectivity index (χ1v) is 8.10. The van der Waals surface area contributed by atoms with E-state index < -0.39 is 0 Å². The fourth-order valence-corrected chi connectivity index (χ4v) is 3.65. The van der Waals surface area contributed by atoms with Gasteiger partial charge in [-0.3, -0.25) is 4.79 Å². The molecule has 21 heavy (non-hydrogen) atoms. The molecule has 5 heteroatoms. The number of hydrogen-bond acceptors (Lipinski definition) is 4. The summed E-state index contributed by atoms with van der Waals surface area (Å²) in [6.45, 7) is 5.54. The van der Waals surface area contributed by atoms with Crippen molar-refractivity contribution >= 4 is 17.2 Å². The van der Waals surface area contributed by atoms with Gasteiger partial charge in [0.15, 0.2) is 0 Å². The van der Waals surface area contributed by atoms with E-state index in [1.54, 1.807) is 17.5 Å². The van der Waals surface area contributed by atoms with Crippen LogP contribution in [0.2, 0.25) is 0 Å². The van der Waals surface area contributed by atoms with Crippen LogP contribution in [0, 0.1) is 13.8 Å². The summed E-state index contributed by atoms with van der Waals surface area (Å²) >= 11 is 1.57. The van der Waals surface area contributed by atoms with Gasteiger partial charge in [-0.05, 0) is 44.9 Å². The number of thiophene rings is 1. The predicted octanol–water partition coefficient (Wildman–Crippen LogP) is 3.17. The Bertz CT molecular complexity index is 652. The van der Waals surface area contributed by atoms with Gasteiger partial charge in [-0.15, -0.1) is 11.3 Å². The Labute approximate surface area is 128 Å². The highest BCUT2D eigenvalue weighted by molar-refractivity contribution is 7.13. The summed E-state index contributed by atoms with van der Waals surface area (Å²) in [5, 5.41) is 0. The highest BCUT2D eigenvalue weighted by Crippen LogP contribution is 2.27. The van der Waals surface area contributed by atoms with E-state index in [9.17, 15) is 4.79 Å². The zero-order valence-corrected chi connectivity index (χ0v) is 13.2. The molecule has 0 radical (unpaired) electrons. The van der Waals surface area contributed by atoms with E-state index in [0.29, 0.717) is 5.92 Å². The number of rotatable bonds is 2. The van der Waals surface area contributed by atoms with Crippen molar-refractivity contribution in [2.24, 2.45) is 0 Å². The molecule has 1 aliphatic rings. The van der Waals surface area contributed by atoms with Crippen molar-refractivity contribution in [2.45, 2.75) is 32.6 Å². The lowest BCUT2D eigenvalue weighted by Crippen LogP contribution is -2.39. The molecule has 1 fully saturated rings. The van der Waals surface area contributed by atoms with Crippen molar-refractivity contribution in [3.63, 3.8) is 0 Å². The van der Waals surface area contributed by atoms with Gasteiger partial charge < -0.3 is 4.90 Å². The molecule has 110 valence electrons. The van der Waals surface area contributed by atoms with E-state index in [-0.39, 0.29) is 5.91 Å². The monoisotopic (exact) mass is 301 g/mol. The van der Waals surface area contributed by atoms with E-state index in [1.807, 2.05) is 36.9 Å². The predicted molar refractivity (Wildman–Crippen MR) is 83.7 cm³/mol. The van der Waals surface area contributed by atoms with Crippen molar-refractivity contribution in [2.75, 3.05) is 13.1 Å². The average molecular weight is 301 g/mol. The molecule has 0 aliphatic carbocycles. The summed E-state index contributed by atoms with van der Waals surface area (Å²) in [5.74, 6) is 1.28. The molecule has 0 N–H and O–H groups in total. The van der Waals surface area contributed by atoms with E-state index in [1.165, 1.54) is 4.88 Å². The molecule has 3 heterocycles. The molecule has 1 unspecified atom stereocenters. The van der Waals surface area contributed by atoms with Gasteiger partial charge in [-0.1, -0.05) is 0 Å². The van der Waals surface area contributed by atoms with Crippen LogP contribution >= 0.6 is 11.3 Å². The van der Waals surface area contributed by atoms with Crippen molar-refractivity contribution in [1.82, 2.24) is 14.9 Å². The number of amides is 1. The second-order valence-corrected chi connectivity index (χ2v) is 6.82. The van der Waals surface area contributed by atoms with Gasteiger partial charge in [0.25, 0.3) is 5.91 Å². The summed E-state index contributed by atoms with van der Waals surface area (Å²) in [6.07, 6.45) is 3.93. The fourth-order valence-electron chi connectivity index (χ4n) is 2.81. The quantitative estimate of drug-likeness (QED) is 0.856. The highest BCUT2D eigenvalue weighted by atomic mass is 32.1. The minimum absolute atomic E-state index is 0.156. The minimum atomic E-state index is 0.156. The summed E-state index contributed by atoms with van der Waals surface area (Å²) in [4.78, 5) is 25.2. The summed E-state index contributed by atoms with van der Waals surface area (Å²) in [5.41, 5.74) is 1.06. The first kappa shape index (κ1) is 14.2. The Morgan fingerprint density at radius 3 is 2.90 bits per heavy atom. The van der Waals surface area contributed by atoms with Crippen LogP contribution in [0.3, 0.4) is 0 Å².